The summed E-state index contributed by atoms with van der Waals surface area (Å²) in [6.45, 7) is 3.95. The maximum absolute atomic E-state index is 12.4. The summed E-state index contributed by atoms with van der Waals surface area (Å²) >= 11 is 3.34. The van der Waals surface area contributed by atoms with E-state index in [0.717, 1.165) is 17.5 Å². The number of rotatable bonds is 5. The predicted octanol–water partition coefficient (Wildman–Crippen LogP) is 3.81. The minimum atomic E-state index is -5.28. The number of hydrogen-bond donors (Lipinski definition) is 1. The third-order valence-electron chi connectivity index (χ3n) is 2.96. The summed E-state index contributed by atoms with van der Waals surface area (Å²) in [7, 11) is -5.28. The van der Waals surface area contributed by atoms with Crippen molar-refractivity contribution in [2.45, 2.75) is 30.3 Å². The number of hydrogen-bond acceptors (Lipinski definition) is 3. The Morgan fingerprint density at radius 3 is 2.10 bits per heavy atom. The summed E-state index contributed by atoms with van der Waals surface area (Å²) in [5.41, 5.74) is -4.70. The number of alkyl halides is 4. The fourth-order valence-corrected chi connectivity index (χ4v) is 2.73. The van der Waals surface area contributed by atoms with E-state index in [1.165, 1.54) is 12.1 Å². The van der Waals surface area contributed by atoms with Crippen LogP contribution in [0.1, 0.15) is 13.8 Å². The fourth-order valence-electron chi connectivity index (χ4n) is 1.40. The third-order valence-corrected chi connectivity index (χ3v) is 5.48. The second-order valence-corrected chi connectivity index (χ2v) is 7.13. The second-order valence-electron chi connectivity index (χ2n) is 4.54. The lowest BCUT2D eigenvalue weighted by atomic mass is 10.1. The van der Waals surface area contributed by atoms with Gasteiger partial charge in [0.2, 0.25) is 0 Å². The minimum Gasteiger partial charge on any atom is -0.382 e. The van der Waals surface area contributed by atoms with Crippen molar-refractivity contribution >= 4 is 31.5 Å². The average molecular weight is 374 g/mol. The molecule has 0 spiro atoms. The first-order valence-electron chi connectivity index (χ1n) is 5.83. The van der Waals surface area contributed by atoms with E-state index < -0.39 is 20.2 Å². The van der Waals surface area contributed by atoms with Crippen molar-refractivity contribution in [2.75, 3.05) is 10.6 Å². The van der Waals surface area contributed by atoms with Gasteiger partial charge in [0.1, 0.15) is 0 Å². The van der Waals surface area contributed by atoms with E-state index >= 15 is 0 Å². The Balaban J connectivity index is 2.91. The van der Waals surface area contributed by atoms with Crippen molar-refractivity contribution in [1.29, 1.82) is 0 Å². The van der Waals surface area contributed by atoms with Gasteiger partial charge in [-0.2, -0.15) is 13.2 Å². The van der Waals surface area contributed by atoms with Gasteiger partial charge < -0.3 is 5.32 Å². The van der Waals surface area contributed by atoms with E-state index in [4.69, 9.17) is 0 Å². The van der Waals surface area contributed by atoms with Gasteiger partial charge in [0.25, 0.3) is 9.84 Å². The topological polar surface area (TPSA) is 46.2 Å². The molecule has 0 aliphatic heterocycles. The average Bonchev–Trinajstić information content (AvgIpc) is 2.37. The molecule has 1 aromatic rings. The molecule has 8 heteroatoms. The van der Waals surface area contributed by atoms with Gasteiger partial charge in [-0.05, 0) is 37.1 Å². The summed E-state index contributed by atoms with van der Waals surface area (Å²) in [5, 5.41) is 3.88. The van der Waals surface area contributed by atoms with Gasteiger partial charge in [0.05, 0.1) is 4.90 Å². The molecule has 1 N–H and O–H groups in total. The van der Waals surface area contributed by atoms with Gasteiger partial charge >= 0.3 is 5.51 Å². The molecule has 0 saturated heterocycles. The van der Waals surface area contributed by atoms with Crippen molar-refractivity contribution in [3.8, 4) is 0 Å². The van der Waals surface area contributed by atoms with Gasteiger partial charge in [0.15, 0.2) is 0 Å². The van der Waals surface area contributed by atoms with Crippen LogP contribution in [0.25, 0.3) is 0 Å². The smallest absolute Gasteiger partial charge is 0.382 e. The number of anilines is 1. The van der Waals surface area contributed by atoms with Gasteiger partial charge in [0, 0.05) is 17.1 Å². The van der Waals surface area contributed by atoms with Crippen LogP contribution >= 0.6 is 15.9 Å². The highest BCUT2D eigenvalue weighted by Gasteiger charge is 2.46. The summed E-state index contributed by atoms with van der Waals surface area (Å²) in [6, 6.07) is 4.67. The van der Waals surface area contributed by atoms with Gasteiger partial charge in [-0.3, -0.25) is 0 Å². The molecule has 20 heavy (non-hydrogen) atoms. The Morgan fingerprint density at radius 1 is 1.20 bits per heavy atom. The zero-order chi connectivity index (χ0) is 15.6. The Bertz CT molecular complexity index is 543. The lowest BCUT2D eigenvalue weighted by Gasteiger charge is -2.20. The third kappa shape index (κ3) is 3.88. The second kappa shape index (κ2) is 6.34. The van der Waals surface area contributed by atoms with Crippen LogP contribution in [0.15, 0.2) is 29.2 Å². The lowest BCUT2D eigenvalue weighted by molar-refractivity contribution is -0.0436. The molecule has 2 atom stereocenters. The van der Waals surface area contributed by atoms with Crippen molar-refractivity contribution in [1.82, 2.24) is 0 Å². The summed E-state index contributed by atoms with van der Waals surface area (Å²) in [6.07, 6.45) is 0. The molecule has 1 rings (SSSR count). The summed E-state index contributed by atoms with van der Waals surface area (Å²) < 4.78 is 59.5. The van der Waals surface area contributed by atoms with Crippen LogP contribution in [0, 0.1) is 5.92 Å². The van der Waals surface area contributed by atoms with Crippen LogP contribution < -0.4 is 5.32 Å². The molecule has 0 bridgehead atoms. The van der Waals surface area contributed by atoms with Crippen molar-refractivity contribution in [3.63, 3.8) is 0 Å². The Hall–Kier alpha value is -0.760. The van der Waals surface area contributed by atoms with E-state index in [1.807, 2.05) is 13.8 Å². The van der Waals surface area contributed by atoms with Crippen LogP contribution in [0.5, 0.6) is 0 Å². The number of sulfone groups is 1. The van der Waals surface area contributed by atoms with Gasteiger partial charge in [-0.1, -0.05) is 22.9 Å². The molecule has 0 aromatic heterocycles. The summed E-state index contributed by atoms with van der Waals surface area (Å²) in [5.74, 6) is 0.314. The molecule has 3 nitrogen and oxygen atoms in total. The normalized spacial score (nSPS) is 15.7. The Morgan fingerprint density at radius 2 is 1.70 bits per heavy atom. The largest absolute Gasteiger partial charge is 0.501 e. The SMILES string of the molecule is CC(CBr)C(C)Nc1ccc(S(=O)(=O)C(F)(F)F)cc1. The fraction of sp³-hybridized carbons (Fsp3) is 0.500. The Labute approximate surface area is 124 Å². The molecule has 0 amide bonds. The zero-order valence-corrected chi connectivity index (χ0v) is 13.3. The van der Waals surface area contributed by atoms with E-state index in [-0.39, 0.29) is 6.04 Å². The molecule has 2 unspecified atom stereocenters. The van der Waals surface area contributed by atoms with Crippen molar-refractivity contribution in [2.24, 2.45) is 5.92 Å². The monoisotopic (exact) mass is 373 g/mol. The molecule has 0 fully saturated rings. The molecule has 0 aliphatic rings. The number of nitrogens with one attached hydrogen (secondary N) is 1. The van der Waals surface area contributed by atoms with Crippen LogP contribution in [-0.2, 0) is 9.84 Å². The van der Waals surface area contributed by atoms with Crippen molar-refractivity contribution in [3.05, 3.63) is 24.3 Å². The lowest BCUT2D eigenvalue weighted by Crippen LogP contribution is -2.25. The van der Waals surface area contributed by atoms with Gasteiger partial charge in [-0.25, -0.2) is 8.42 Å². The van der Waals surface area contributed by atoms with Crippen molar-refractivity contribution < 1.29 is 21.6 Å². The maximum atomic E-state index is 12.4. The first-order valence-corrected chi connectivity index (χ1v) is 8.44. The highest BCUT2D eigenvalue weighted by Crippen LogP contribution is 2.30. The highest BCUT2D eigenvalue weighted by molar-refractivity contribution is 9.09. The molecule has 114 valence electrons. The van der Waals surface area contributed by atoms with E-state index in [0.29, 0.717) is 11.6 Å². The van der Waals surface area contributed by atoms with E-state index in [9.17, 15) is 21.6 Å². The van der Waals surface area contributed by atoms with E-state index in [2.05, 4.69) is 21.2 Å². The minimum absolute atomic E-state index is 0.0967. The van der Waals surface area contributed by atoms with Crippen LogP contribution in [-0.4, -0.2) is 25.3 Å². The van der Waals surface area contributed by atoms with Crippen LogP contribution in [0.3, 0.4) is 0 Å². The zero-order valence-electron chi connectivity index (χ0n) is 10.9. The standard InChI is InChI=1S/C12H15BrF3NO2S/c1-8(7-13)9(2)17-10-3-5-11(6-4-10)20(18,19)12(14,15)16/h3-6,8-9,17H,7H2,1-2H3. The maximum Gasteiger partial charge on any atom is 0.501 e. The molecular formula is C12H15BrF3NO2S. The molecule has 0 aliphatic carbocycles. The molecule has 0 radical (unpaired) electrons. The Kier molecular flexibility index (Phi) is 5.48. The number of halogens is 4. The first-order chi connectivity index (χ1) is 9.09. The predicted molar refractivity (Wildman–Crippen MR) is 75.7 cm³/mol. The van der Waals surface area contributed by atoms with Crippen LogP contribution in [0.4, 0.5) is 18.9 Å². The van der Waals surface area contributed by atoms with Gasteiger partial charge in [-0.15, -0.1) is 0 Å². The molecular weight excluding hydrogens is 359 g/mol. The molecule has 0 saturated carbocycles. The summed E-state index contributed by atoms with van der Waals surface area (Å²) in [4.78, 5) is -0.753. The van der Waals surface area contributed by atoms with Crippen LogP contribution in [0.2, 0.25) is 0 Å². The highest BCUT2D eigenvalue weighted by atomic mass is 79.9. The molecule has 1 aromatic carbocycles. The molecule has 0 heterocycles. The number of benzene rings is 1. The van der Waals surface area contributed by atoms with E-state index in [1.54, 1.807) is 0 Å². The first kappa shape index (κ1) is 17.3. The quantitative estimate of drug-likeness (QED) is 0.798.